The van der Waals surface area contributed by atoms with Crippen LogP contribution >= 0.6 is 0 Å². The van der Waals surface area contributed by atoms with Crippen molar-refractivity contribution in [2.45, 2.75) is 44.9 Å². The highest BCUT2D eigenvalue weighted by Crippen LogP contribution is 2.27. The quantitative estimate of drug-likeness (QED) is 0.577. The highest BCUT2D eigenvalue weighted by Gasteiger charge is 2.22. The zero-order valence-electron chi connectivity index (χ0n) is 10.7. The van der Waals surface area contributed by atoms with Gasteiger partial charge >= 0.3 is 0 Å². The number of hydrogen-bond donors (Lipinski definition) is 0. The maximum Gasteiger partial charge on any atom is 0.169 e. The summed E-state index contributed by atoms with van der Waals surface area (Å²) in [5.74, 6) is -3.56. The number of benzene rings is 1. The molecule has 1 aromatic rings. The van der Waals surface area contributed by atoms with Crippen LogP contribution in [0.25, 0.3) is 0 Å². The molecular formula is C15H17F3O. The Kier molecular flexibility index (Phi) is 4.61. The standard InChI is InChI=1S/C15H17F3O/c16-11-8-12(17)15(13(18)9-11)14(19)7-10-5-3-1-2-4-6-10/h8-10H,1-7H2. The van der Waals surface area contributed by atoms with Gasteiger partial charge in [-0.25, -0.2) is 13.2 Å². The minimum Gasteiger partial charge on any atom is -0.294 e. The molecule has 1 fully saturated rings. The maximum absolute atomic E-state index is 13.5. The van der Waals surface area contributed by atoms with Gasteiger partial charge in [-0.3, -0.25) is 4.79 Å². The van der Waals surface area contributed by atoms with Gasteiger partial charge in [0.05, 0.1) is 5.56 Å². The molecule has 0 N–H and O–H groups in total. The SMILES string of the molecule is O=C(CC1CCCCCC1)c1c(F)cc(F)cc1F. The van der Waals surface area contributed by atoms with E-state index in [1.54, 1.807) is 0 Å². The average molecular weight is 270 g/mol. The first-order valence-corrected chi connectivity index (χ1v) is 6.75. The summed E-state index contributed by atoms with van der Waals surface area (Å²) in [5.41, 5.74) is -0.592. The fourth-order valence-electron chi connectivity index (χ4n) is 2.74. The van der Waals surface area contributed by atoms with E-state index in [0.29, 0.717) is 12.1 Å². The molecule has 0 bridgehead atoms. The van der Waals surface area contributed by atoms with E-state index in [2.05, 4.69) is 0 Å². The first-order chi connectivity index (χ1) is 9.08. The molecule has 0 spiro atoms. The zero-order chi connectivity index (χ0) is 13.8. The number of carbonyl (C=O) groups excluding carboxylic acids is 1. The summed E-state index contributed by atoms with van der Waals surface area (Å²) in [5, 5.41) is 0. The molecule has 0 radical (unpaired) electrons. The van der Waals surface area contributed by atoms with Crippen molar-refractivity contribution >= 4 is 5.78 Å². The van der Waals surface area contributed by atoms with E-state index in [-0.39, 0.29) is 12.3 Å². The van der Waals surface area contributed by atoms with Crippen LogP contribution in [0.2, 0.25) is 0 Å². The lowest BCUT2D eigenvalue weighted by Gasteiger charge is -2.13. The summed E-state index contributed by atoms with van der Waals surface area (Å²) in [6, 6.07) is 1.12. The smallest absolute Gasteiger partial charge is 0.169 e. The third kappa shape index (κ3) is 3.58. The van der Waals surface area contributed by atoms with Crippen LogP contribution in [0.1, 0.15) is 55.3 Å². The number of halogens is 3. The van der Waals surface area contributed by atoms with Crippen molar-refractivity contribution in [2.24, 2.45) is 5.92 Å². The van der Waals surface area contributed by atoms with Crippen LogP contribution in [0.5, 0.6) is 0 Å². The fraction of sp³-hybridized carbons (Fsp3) is 0.533. The van der Waals surface area contributed by atoms with Crippen molar-refractivity contribution in [1.29, 1.82) is 0 Å². The molecule has 0 amide bonds. The lowest BCUT2D eigenvalue weighted by Crippen LogP contribution is -2.12. The molecule has 1 saturated carbocycles. The summed E-state index contributed by atoms with van der Waals surface area (Å²) in [4.78, 5) is 12.0. The highest BCUT2D eigenvalue weighted by atomic mass is 19.1. The van der Waals surface area contributed by atoms with Crippen LogP contribution in [-0.2, 0) is 0 Å². The van der Waals surface area contributed by atoms with Crippen LogP contribution < -0.4 is 0 Å². The summed E-state index contributed by atoms with van der Waals surface area (Å²) in [6.45, 7) is 0. The maximum atomic E-state index is 13.5. The Balaban J connectivity index is 2.11. The predicted octanol–water partition coefficient (Wildman–Crippen LogP) is 4.65. The van der Waals surface area contributed by atoms with Crippen molar-refractivity contribution in [1.82, 2.24) is 0 Å². The molecule has 4 heteroatoms. The van der Waals surface area contributed by atoms with Gasteiger partial charge in [-0.15, -0.1) is 0 Å². The predicted molar refractivity (Wildman–Crippen MR) is 66.5 cm³/mol. The third-order valence-electron chi connectivity index (χ3n) is 3.73. The molecule has 2 rings (SSSR count). The van der Waals surface area contributed by atoms with Crippen molar-refractivity contribution in [3.63, 3.8) is 0 Å². The Morgan fingerprint density at radius 3 is 2.05 bits per heavy atom. The van der Waals surface area contributed by atoms with Crippen LogP contribution in [0.3, 0.4) is 0 Å². The molecule has 0 unspecified atom stereocenters. The second-order valence-electron chi connectivity index (χ2n) is 5.23. The number of Topliss-reactive ketones (excluding diaryl/α,β-unsaturated/α-hetero) is 1. The fourth-order valence-corrected chi connectivity index (χ4v) is 2.74. The van der Waals surface area contributed by atoms with E-state index in [9.17, 15) is 18.0 Å². The molecule has 0 heterocycles. The molecule has 0 aliphatic heterocycles. The van der Waals surface area contributed by atoms with Crippen molar-refractivity contribution in [2.75, 3.05) is 0 Å². The number of hydrogen-bond acceptors (Lipinski definition) is 1. The average Bonchev–Trinajstić information content (AvgIpc) is 2.56. The second kappa shape index (κ2) is 6.22. The van der Waals surface area contributed by atoms with Crippen LogP contribution in [0, 0.1) is 23.4 Å². The van der Waals surface area contributed by atoms with Crippen LogP contribution in [-0.4, -0.2) is 5.78 Å². The minimum absolute atomic E-state index is 0.152. The third-order valence-corrected chi connectivity index (χ3v) is 3.73. The van der Waals surface area contributed by atoms with Crippen molar-refractivity contribution in [3.8, 4) is 0 Å². The Labute approximate surface area is 110 Å². The Morgan fingerprint density at radius 2 is 1.53 bits per heavy atom. The van der Waals surface area contributed by atoms with E-state index in [4.69, 9.17) is 0 Å². The van der Waals surface area contributed by atoms with Gasteiger partial charge in [0.25, 0.3) is 0 Å². The summed E-state index contributed by atoms with van der Waals surface area (Å²) >= 11 is 0. The van der Waals surface area contributed by atoms with Gasteiger partial charge in [0.15, 0.2) is 5.78 Å². The molecule has 1 nitrogen and oxygen atoms in total. The van der Waals surface area contributed by atoms with Gasteiger partial charge in [-0.1, -0.05) is 38.5 Å². The molecule has 0 aromatic heterocycles. The molecule has 1 aromatic carbocycles. The van der Waals surface area contributed by atoms with E-state index < -0.39 is 28.8 Å². The second-order valence-corrected chi connectivity index (χ2v) is 5.23. The summed E-state index contributed by atoms with van der Waals surface area (Å²) in [7, 11) is 0. The van der Waals surface area contributed by atoms with Gasteiger partial charge in [-0.2, -0.15) is 0 Å². The lowest BCUT2D eigenvalue weighted by molar-refractivity contribution is 0.0948. The van der Waals surface area contributed by atoms with Crippen LogP contribution in [0.4, 0.5) is 13.2 Å². The van der Waals surface area contributed by atoms with Gasteiger partial charge in [0.1, 0.15) is 17.5 Å². The largest absolute Gasteiger partial charge is 0.294 e. The molecular weight excluding hydrogens is 253 g/mol. The summed E-state index contributed by atoms with van der Waals surface area (Å²) in [6.07, 6.45) is 6.44. The zero-order valence-corrected chi connectivity index (χ0v) is 10.7. The highest BCUT2D eigenvalue weighted by molar-refractivity contribution is 5.96. The Hall–Kier alpha value is -1.32. The summed E-state index contributed by atoms with van der Waals surface area (Å²) < 4.78 is 39.8. The molecule has 19 heavy (non-hydrogen) atoms. The van der Waals surface area contributed by atoms with Crippen molar-refractivity contribution < 1.29 is 18.0 Å². The van der Waals surface area contributed by atoms with Gasteiger partial charge < -0.3 is 0 Å². The molecule has 104 valence electrons. The first kappa shape index (κ1) is 14.1. The lowest BCUT2D eigenvalue weighted by atomic mass is 9.91. The number of carbonyl (C=O) groups is 1. The van der Waals surface area contributed by atoms with Crippen molar-refractivity contribution in [3.05, 3.63) is 35.1 Å². The Morgan fingerprint density at radius 1 is 1.00 bits per heavy atom. The Bertz CT molecular complexity index is 439. The minimum atomic E-state index is -1.10. The van der Waals surface area contributed by atoms with E-state index >= 15 is 0 Å². The van der Waals surface area contributed by atoms with Gasteiger partial charge in [0.2, 0.25) is 0 Å². The first-order valence-electron chi connectivity index (χ1n) is 6.75. The molecule has 1 aliphatic carbocycles. The monoisotopic (exact) mass is 270 g/mol. The molecule has 0 atom stereocenters. The number of ketones is 1. The topological polar surface area (TPSA) is 17.1 Å². The normalized spacial score (nSPS) is 17.2. The van der Waals surface area contributed by atoms with Gasteiger partial charge in [-0.05, 0) is 5.92 Å². The van der Waals surface area contributed by atoms with Gasteiger partial charge in [0, 0.05) is 18.6 Å². The van der Waals surface area contributed by atoms with E-state index in [0.717, 1.165) is 38.5 Å². The molecule has 1 aliphatic rings. The van der Waals surface area contributed by atoms with E-state index in [1.165, 1.54) is 0 Å². The van der Waals surface area contributed by atoms with Crippen LogP contribution in [0.15, 0.2) is 12.1 Å². The number of rotatable bonds is 3. The van der Waals surface area contributed by atoms with E-state index in [1.807, 2.05) is 0 Å². The molecule has 0 saturated heterocycles.